The molecule has 0 heterocycles. The predicted molar refractivity (Wildman–Crippen MR) is 398 cm³/mol. The van der Waals surface area contributed by atoms with Gasteiger partial charge in [0.25, 0.3) is 0 Å². The standard InChI is InChI=1S/C84H141NO8/c1-6-8-10-12-14-16-18-20-22-24-26-28-30-32-34-36-38-39-40-41-42-43-45-47-49-51-53-55-57-59-61-63-65-67-69-71-73-75-82(87)93-80(79-92-84(83(88)89)90-77-76-85(3,4)5)78-91-81(86)74-72-70-68-66-64-62-60-58-56-54-52-50-48-46-44-37-35-33-31-29-27-25-23-21-19-17-15-13-11-9-7-2/h8-11,14-17,20-23,26-29,32,34,38-39,41-42,45,47,80,84H,6-7,12-13,18-19,24-25,30-31,33,35-37,40,43-44,46,48-79H2,1-5H3/b10-8-,11-9-,16-14-,17-15-,22-20-,23-21-,28-26-,29-27-,34-32-,39-38-,42-41-,47-45-. The highest BCUT2D eigenvalue weighted by atomic mass is 16.7. The summed E-state index contributed by atoms with van der Waals surface area (Å²) in [6, 6.07) is 0. The second-order valence-corrected chi connectivity index (χ2v) is 26.2. The van der Waals surface area contributed by atoms with Gasteiger partial charge < -0.3 is 33.3 Å². The minimum Gasteiger partial charge on any atom is -0.545 e. The van der Waals surface area contributed by atoms with Gasteiger partial charge in [-0.25, -0.2) is 0 Å². The summed E-state index contributed by atoms with van der Waals surface area (Å²) in [7, 11) is 5.93. The number of unbranched alkanes of at least 4 members (excludes halogenated alkanes) is 30. The fraction of sp³-hybridized carbons (Fsp3) is 0.679. The molecule has 0 aromatic rings. The fourth-order valence-electron chi connectivity index (χ4n) is 10.4. The second kappa shape index (κ2) is 73.0. The Morgan fingerprint density at radius 2 is 0.581 bits per heavy atom. The Hall–Kier alpha value is -4.83. The van der Waals surface area contributed by atoms with Crippen LogP contribution in [0.1, 0.15) is 309 Å². The summed E-state index contributed by atoms with van der Waals surface area (Å²) >= 11 is 0. The maximum Gasteiger partial charge on any atom is 0.306 e. The molecule has 0 radical (unpaired) electrons. The Kier molecular flexibility index (Phi) is 69.2. The fourth-order valence-corrected chi connectivity index (χ4v) is 10.4. The molecule has 93 heavy (non-hydrogen) atoms. The van der Waals surface area contributed by atoms with E-state index >= 15 is 0 Å². The summed E-state index contributed by atoms with van der Waals surface area (Å²) in [5, 5.41) is 11.9. The summed E-state index contributed by atoms with van der Waals surface area (Å²) in [4.78, 5) is 37.6. The van der Waals surface area contributed by atoms with Crippen LogP contribution < -0.4 is 5.11 Å². The van der Waals surface area contributed by atoms with Crippen molar-refractivity contribution in [1.82, 2.24) is 0 Å². The van der Waals surface area contributed by atoms with E-state index in [1.165, 1.54) is 161 Å². The van der Waals surface area contributed by atoms with Gasteiger partial charge in [-0.1, -0.05) is 327 Å². The van der Waals surface area contributed by atoms with Crippen LogP contribution in [0.15, 0.2) is 146 Å². The van der Waals surface area contributed by atoms with Crippen LogP contribution in [-0.2, 0) is 33.3 Å². The van der Waals surface area contributed by atoms with Gasteiger partial charge in [-0.05, 0) is 116 Å². The number of likely N-dealkylation sites (N-methyl/N-ethyl adjacent to an activating group) is 1. The molecular formula is C84H141NO8. The molecule has 0 fully saturated rings. The van der Waals surface area contributed by atoms with Gasteiger partial charge in [0.2, 0.25) is 0 Å². The van der Waals surface area contributed by atoms with Crippen molar-refractivity contribution in [3.63, 3.8) is 0 Å². The van der Waals surface area contributed by atoms with Crippen LogP contribution in [0.4, 0.5) is 0 Å². The van der Waals surface area contributed by atoms with Crippen molar-refractivity contribution in [3.05, 3.63) is 146 Å². The number of carbonyl (C=O) groups is 3. The zero-order valence-corrected chi connectivity index (χ0v) is 60.6. The quantitative estimate of drug-likeness (QED) is 0.0195. The summed E-state index contributed by atoms with van der Waals surface area (Å²) < 4.78 is 22.8. The van der Waals surface area contributed by atoms with Gasteiger partial charge in [-0.2, -0.15) is 0 Å². The van der Waals surface area contributed by atoms with Crippen molar-refractivity contribution in [2.75, 3.05) is 47.5 Å². The molecule has 0 aliphatic heterocycles. The third kappa shape index (κ3) is 74.4. The molecule has 0 amide bonds. The molecule has 2 unspecified atom stereocenters. The zero-order chi connectivity index (χ0) is 67.5. The van der Waals surface area contributed by atoms with Crippen LogP contribution in [0.25, 0.3) is 0 Å². The zero-order valence-electron chi connectivity index (χ0n) is 60.6. The molecule has 0 bridgehead atoms. The third-order valence-electron chi connectivity index (χ3n) is 16.1. The SMILES string of the molecule is CC/C=C\C/C=C\C/C=C\C/C=C\C/C=C\C/C=C\C/C=C\C/C=C\CCCCCCCCCCCCCCC(=O)OC(COC(=O)CCCCCCCCCCCCCCCCCCCC/C=C\C/C=C\C/C=C\C/C=C\CC)COC(OCC[N+](C)(C)C)C(=O)[O-]. The number of rotatable bonds is 69. The predicted octanol–water partition coefficient (Wildman–Crippen LogP) is 22.9. The number of nitrogens with zero attached hydrogens (tertiary/aromatic N) is 1. The van der Waals surface area contributed by atoms with Crippen LogP contribution in [-0.4, -0.2) is 82.3 Å². The molecule has 0 aromatic heterocycles. The molecular weight excluding hydrogens is 1150 g/mol. The molecule has 0 saturated carbocycles. The molecule has 9 nitrogen and oxygen atoms in total. The Labute approximate surface area is 572 Å². The number of aliphatic carboxylic acids is 1. The number of allylic oxidation sites excluding steroid dienone is 24. The van der Waals surface area contributed by atoms with Crippen LogP contribution in [0.2, 0.25) is 0 Å². The molecule has 0 aliphatic carbocycles. The summed E-state index contributed by atoms with van der Waals surface area (Å²) in [6.07, 6.45) is 104. The number of hydrogen-bond acceptors (Lipinski definition) is 8. The minimum atomic E-state index is -1.63. The lowest BCUT2D eigenvalue weighted by Gasteiger charge is -2.26. The Morgan fingerprint density at radius 1 is 0.323 bits per heavy atom. The lowest BCUT2D eigenvalue weighted by Crippen LogP contribution is -2.44. The lowest BCUT2D eigenvalue weighted by molar-refractivity contribution is -0.870. The van der Waals surface area contributed by atoms with Crippen molar-refractivity contribution >= 4 is 17.9 Å². The first-order valence-corrected chi connectivity index (χ1v) is 38.0. The molecule has 9 heteroatoms. The average molecular weight is 1290 g/mol. The monoisotopic (exact) mass is 1290 g/mol. The van der Waals surface area contributed by atoms with Crippen molar-refractivity contribution in [2.45, 2.75) is 322 Å². The van der Waals surface area contributed by atoms with E-state index in [-0.39, 0.29) is 38.6 Å². The normalized spacial score (nSPS) is 13.5. The van der Waals surface area contributed by atoms with Crippen molar-refractivity contribution in [1.29, 1.82) is 0 Å². The first-order valence-electron chi connectivity index (χ1n) is 38.0. The van der Waals surface area contributed by atoms with E-state index in [0.717, 1.165) is 116 Å². The molecule has 2 atom stereocenters. The lowest BCUT2D eigenvalue weighted by atomic mass is 10.0. The van der Waals surface area contributed by atoms with E-state index in [0.29, 0.717) is 17.4 Å². The molecule has 0 saturated heterocycles. The largest absolute Gasteiger partial charge is 0.545 e. The van der Waals surface area contributed by atoms with E-state index in [1.807, 2.05) is 21.1 Å². The summed E-state index contributed by atoms with van der Waals surface area (Å²) in [5.41, 5.74) is 0. The second-order valence-electron chi connectivity index (χ2n) is 26.2. The highest BCUT2D eigenvalue weighted by molar-refractivity contribution is 5.70. The number of carboxylic acids is 1. The van der Waals surface area contributed by atoms with Gasteiger partial charge in [0, 0.05) is 12.8 Å². The number of esters is 2. The summed E-state index contributed by atoms with van der Waals surface area (Å²) in [5.74, 6) is -2.28. The first-order chi connectivity index (χ1) is 45.6. The number of carbonyl (C=O) groups excluding carboxylic acids is 3. The number of ether oxygens (including phenoxy) is 4. The Bertz CT molecular complexity index is 2040. The van der Waals surface area contributed by atoms with Crippen LogP contribution in [0.3, 0.4) is 0 Å². The highest BCUT2D eigenvalue weighted by Crippen LogP contribution is 2.18. The van der Waals surface area contributed by atoms with Crippen molar-refractivity contribution < 1.29 is 42.9 Å². The first kappa shape index (κ1) is 88.2. The van der Waals surface area contributed by atoms with Crippen molar-refractivity contribution in [2.24, 2.45) is 0 Å². The molecule has 530 valence electrons. The number of quaternary nitrogens is 1. The van der Waals surface area contributed by atoms with Gasteiger partial charge in [0.1, 0.15) is 13.2 Å². The van der Waals surface area contributed by atoms with E-state index in [4.69, 9.17) is 18.9 Å². The average Bonchev–Trinajstić information content (AvgIpc) is 3.73. The van der Waals surface area contributed by atoms with Crippen LogP contribution in [0.5, 0.6) is 0 Å². The molecule has 0 N–H and O–H groups in total. The van der Waals surface area contributed by atoms with Gasteiger partial charge >= 0.3 is 11.9 Å². The van der Waals surface area contributed by atoms with Crippen LogP contribution in [0, 0.1) is 0 Å². The maximum atomic E-state index is 13.0. The highest BCUT2D eigenvalue weighted by Gasteiger charge is 2.22. The third-order valence-corrected chi connectivity index (χ3v) is 16.1. The number of hydrogen-bond donors (Lipinski definition) is 0. The number of carboxylic acid groups (broad SMARTS) is 1. The molecule has 0 aromatic carbocycles. The van der Waals surface area contributed by atoms with Gasteiger partial charge in [0.05, 0.1) is 40.3 Å². The smallest absolute Gasteiger partial charge is 0.306 e. The summed E-state index contributed by atoms with van der Waals surface area (Å²) in [6.45, 7) is 4.54. The van der Waals surface area contributed by atoms with E-state index < -0.39 is 24.3 Å². The maximum absolute atomic E-state index is 13.0. The van der Waals surface area contributed by atoms with E-state index in [9.17, 15) is 19.5 Å². The van der Waals surface area contributed by atoms with Gasteiger partial charge in [0.15, 0.2) is 12.4 Å². The minimum absolute atomic E-state index is 0.143. The molecule has 0 aliphatic rings. The Morgan fingerprint density at radius 3 is 0.860 bits per heavy atom. The molecule has 0 rings (SSSR count). The van der Waals surface area contributed by atoms with Gasteiger partial charge in [-0.3, -0.25) is 9.59 Å². The van der Waals surface area contributed by atoms with Gasteiger partial charge in [-0.15, -0.1) is 0 Å². The Balaban J connectivity index is 4.09. The van der Waals surface area contributed by atoms with E-state index in [1.54, 1.807) is 0 Å². The topological polar surface area (TPSA) is 111 Å². The van der Waals surface area contributed by atoms with Crippen molar-refractivity contribution in [3.8, 4) is 0 Å². The van der Waals surface area contributed by atoms with E-state index in [2.05, 4.69) is 160 Å². The van der Waals surface area contributed by atoms with Crippen LogP contribution >= 0.6 is 0 Å². The molecule has 0 spiro atoms.